The van der Waals surface area contributed by atoms with Crippen LogP contribution in [0.1, 0.15) is 122 Å². The molecule has 7 heteroatoms. The maximum absolute atomic E-state index is 14.7. The highest BCUT2D eigenvalue weighted by molar-refractivity contribution is 6.11. The van der Waals surface area contributed by atoms with Gasteiger partial charge in [0.05, 0.1) is 28.5 Å². The van der Waals surface area contributed by atoms with E-state index >= 15 is 0 Å². The molecule has 4 aromatic carbocycles. The highest BCUT2D eigenvalue weighted by Crippen LogP contribution is 2.56. The van der Waals surface area contributed by atoms with Gasteiger partial charge in [0, 0.05) is 33.8 Å². The van der Waals surface area contributed by atoms with Crippen LogP contribution in [0.25, 0.3) is 32.8 Å². The van der Waals surface area contributed by atoms with Crippen LogP contribution in [0, 0.1) is 11.8 Å². The molecule has 7 nitrogen and oxygen atoms in total. The summed E-state index contributed by atoms with van der Waals surface area (Å²) >= 11 is 0. The zero-order valence-corrected chi connectivity index (χ0v) is 32.2. The number of hydrogen-bond acceptors (Lipinski definition) is 5. The van der Waals surface area contributed by atoms with Gasteiger partial charge in [-0.2, -0.15) is 0 Å². The van der Waals surface area contributed by atoms with Crippen molar-refractivity contribution < 1.29 is 14.3 Å². The lowest BCUT2D eigenvalue weighted by molar-refractivity contribution is -0.144. The van der Waals surface area contributed by atoms with Gasteiger partial charge in [-0.25, -0.2) is 9.97 Å². The molecule has 5 aromatic rings. The molecule has 1 unspecified atom stereocenters. The molecule has 1 N–H and O–H groups in total. The Morgan fingerprint density at radius 3 is 2.30 bits per heavy atom. The fourth-order valence-corrected chi connectivity index (χ4v) is 9.75. The van der Waals surface area contributed by atoms with Crippen LogP contribution in [0.3, 0.4) is 0 Å². The van der Waals surface area contributed by atoms with Crippen molar-refractivity contribution in [2.75, 3.05) is 0 Å². The molecule has 276 valence electrons. The van der Waals surface area contributed by atoms with Gasteiger partial charge < -0.3 is 15.0 Å². The Morgan fingerprint density at radius 1 is 0.868 bits per heavy atom. The molecule has 0 bridgehead atoms. The lowest BCUT2D eigenvalue weighted by Crippen LogP contribution is -2.53. The van der Waals surface area contributed by atoms with E-state index < -0.39 is 11.6 Å². The fourth-order valence-electron chi connectivity index (χ4n) is 9.75. The van der Waals surface area contributed by atoms with E-state index in [0.29, 0.717) is 17.8 Å². The van der Waals surface area contributed by atoms with E-state index in [1.807, 2.05) is 74.2 Å². The molecule has 8 rings (SSSR count). The second-order valence-corrected chi connectivity index (χ2v) is 17.7. The zero-order valence-electron chi connectivity index (χ0n) is 32.2. The van der Waals surface area contributed by atoms with Crippen LogP contribution >= 0.6 is 0 Å². The smallest absolute Gasteiger partial charge is 0.247 e. The molecule has 4 atom stereocenters. The minimum Gasteiger partial charge on any atom is -0.487 e. The van der Waals surface area contributed by atoms with Crippen LogP contribution in [0.4, 0.5) is 0 Å². The largest absolute Gasteiger partial charge is 0.487 e. The Hall–Kier alpha value is -4.52. The van der Waals surface area contributed by atoms with Gasteiger partial charge in [-0.3, -0.25) is 9.59 Å². The van der Waals surface area contributed by atoms with E-state index in [1.165, 1.54) is 12.0 Å². The molecule has 2 heterocycles. The first kappa shape index (κ1) is 35.5. The number of amides is 2. The van der Waals surface area contributed by atoms with Crippen molar-refractivity contribution in [3.8, 4) is 5.75 Å². The van der Waals surface area contributed by atoms with E-state index in [9.17, 15) is 9.59 Å². The SMILES string of the molecule is C[C@H]1CC[C@H]2[C@H](C1)c1c(c3ccccc3c3nc4ccc(CC(=O)N(C5CCCCC5)C(C(=O)NC(C)(C)C)c5ccccc5)cc4nc13)OC2(C)C. The quantitative estimate of drug-likeness (QED) is 0.140. The molecule has 0 radical (unpaired) electrons. The second kappa shape index (κ2) is 13.7. The topological polar surface area (TPSA) is 84.4 Å². The minimum atomic E-state index is -0.717. The number of carbonyl (C=O) groups is 2. The summed E-state index contributed by atoms with van der Waals surface area (Å²) in [6, 6.07) is 23.6. The molecule has 3 aliphatic rings. The van der Waals surface area contributed by atoms with Crippen molar-refractivity contribution >= 4 is 44.7 Å². The number of fused-ring (bicyclic) bond motifs is 9. The average molecular weight is 711 g/mol. The van der Waals surface area contributed by atoms with E-state index in [-0.39, 0.29) is 29.9 Å². The van der Waals surface area contributed by atoms with Crippen LogP contribution in [0.2, 0.25) is 0 Å². The van der Waals surface area contributed by atoms with Gasteiger partial charge in [-0.05, 0) is 95.4 Å². The molecule has 2 aliphatic carbocycles. The predicted molar refractivity (Wildman–Crippen MR) is 213 cm³/mol. The standard InChI is InChI=1S/C46H54N4O3/c1-28-21-23-35-34(25-28)39-41-40(32-19-13-14-20-33(32)43(39)53-46(35,5)6)47-36-24-22-29(26-37(36)48-41)27-38(51)50(31-17-11-8-12-18-31)42(30-15-9-7-10-16-30)44(52)49-45(2,3)4/h7,9-10,13-16,19-20,22,24,26,28,31,34-35,42H,8,11-12,17-18,21,23,25,27H2,1-6H3,(H,49,52)/t28-,34-,35-,42?/m0/s1. The summed E-state index contributed by atoms with van der Waals surface area (Å²) in [5.41, 5.74) is 5.60. The number of carbonyl (C=O) groups excluding carboxylic acids is 2. The van der Waals surface area contributed by atoms with Crippen molar-refractivity contribution in [2.24, 2.45) is 11.8 Å². The molecular formula is C46H54N4O3. The van der Waals surface area contributed by atoms with E-state index in [1.54, 1.807) is 0 Å². The molecule has 2 fully saturated rings. The predicted octanol–water partition coefficient (Wildman–Crippen LogP) is 9.99. The highest BCUT2D eigenvalue weighted by atomic mass is 16.5. The summed E-state index contributed by atoms with van der Waals surface area (Å²) in [5, 5.41) is 5.35. The molecule has 53 heavy (non-hydrogen) atoms. The van der Waals surface area contributed by atoms with E-state index in [4.69, 9.17) is 14.7 Å². The number of rotatable bonds is 6. The third-order valence-corrected chi connectivity index (χ3v) is 12.1. The lowest BCUT2D eigenvalue weighted by Gasteiger charge is -2.49. The monoisotopic (exact) mass is 710 g/mol. The Bertz CT molecular complexity index is 2180. The number of nitrogens with zero attached hydrogens (tertiary/aromatic N) is 3. The molecule has 2 saturated carbocycles. The van der Waals surface area contributed by atoms with Gasteiger partial charge in [-0.15, -0.1) is 0 Å². The number of aromatic nitrogens is 2. The van der Waals surface area contributed by atoms with Crippen molar-refractivity contribution in [1.29, 1.82) is 0 Å². The summed E-state index contributed by atoms with van der Waals surface area (Å²) in [6.07, 6.45) is 8.67. The maximum Gasteiger partial charge on any atom is 0.247 e. The van der Waals surface area contributed by atoms with Crippen LogP contribution in [-0.2, 0) is 16.0 Å². The van der Waals surface area contributed by atoms with Gasteiger partial charge in [0.25, 0.3) is 0 Å². The van der Waals surface area contributed by atoms with Crippen LogP contribution in [-0.4, -0.2) is 43.9 Å². The Balaban J connectivity index is 1.22. The number of hydrogen-bond donors (Lipinski definition) is 1. The highest BCUT2D eigenvalue weighted by Gasteiger charge is 2.47. The van der Waals surface area contributed by atoms with Crippen molar-refractivity contribution in [1.82, 2.24) is 20.2 Å². The summed E-state index contributed by atoms with van der Waals surface area (Å²) in [7, 11) is 0. The van der Waals surface area contributed by atoms with Gasteiger partial charge in [0.1, 0.15) is 17.4 Å². The van der Waals surface area contributed by atoms with E-state index in [2.05, 4.69) is 50.4 Å². The van der Waals surface area contributed by atoms with Crippen molar-refractivity contribution in [3.05, 3.63) is 89.5 Å². The fraction of sp³-hybridized carbons (Fsp3) is 0.478. The Morgan fingerprint density at radius 2 is 1.57 bits per heavy atom. The Labute approximate surface area is 313 Å². The number of nitrogens with one attached hydrogen (secondary N) is 1. The first-order valence-corrected chi connectivity index (χ1v) is 19.9. The maximum atomic E-state index is 14.7. The van der Waals surface area contributed by atoms with Gasteiger partial charge >= 0.3 is 0 Å². The Kier molecular flexibility index (Phi) is 9.19. The third kappa shape index (κ3) is 6.77. The summed E-state index contributed by atoms with van der Waals surface area (Å²) < 4.78 is 6.98. The molecular weight excluding hydrogens is 657 g/mol. The van der Waals surface area contributed by atoms with Crippen molar-refractivity contribution in [2.45, 2.75) is 128 Å². The van der Waals surface area contributed by atoms with Crippen LogP contribution < -0.4 is 10.1 Å². The third-order valence-electron chi connectivity index (χ3n) is 12.1. The zero-order chi connectivity index (χ0) is 37.1. The average Bonchev–Trinajstić information content (AvgIpc) is 3.12. The molecule has 2 amide bonds. The first-order chi connectivity index (χ1) is 25.4. The van der Waals surface area contributed by atoms with Crippen LogP contribution in [0.15, 0.2) is 72.8 Å². The summed E-state index contributed by atoms with van der Waals surface area (Å²) in [5.74, 6) is 2.13. The van der Waals surface area contributed by atoms with Gasteiger partial charge in [-0.1, -0.05) is 93.3 Å². The molecule has 1 aromatic heterocycles. The lowest BCUT2D eigenvalue weighted by atomic mass is 9.64. The summed E-state index contributed by atoms with van der Waals surface area (Å²) in [4.78, 5) is 41.5. The first-order valence-electron chi connectivity index (χ1n) is 19.9. The minimum absolute atomic E-state index is 0.00810. The summed E-state index contributed by atoms with van der Waals surface area (Å²) in [6.45, 7) is 12.8. The van der Waals surface area contributed by atoms with Crippen molar-refractivity contribution in [3.63, 3.8) is 0 Å². The van der Waals surface area contributed by atoms with E-state index in [0.717, 1.165) is 94.7 Å². The van der Waals surface area contributed by atoms with Gasteiger partial charge in [0.2, 0.25) is 11.8 Å². The molecule has 1 aliphatic heterocycles. The molecule has 0 spiro atoms. The molecule has 0 saturated heterocycles. The van der Waals surface area contributed by atoms with Crippen LogP contribution in [0.5, 0.6) is 5.75 Å². The second-order valence-electron chi connectivity index (χ2n) is 17.7. The normalized spacial score (nSPS) is 22.1. The number of ether oxygens (including phenoxy) is 1. The van der Waals surface area contributed by atoms with Gasteiger partial charge in [0.15, 0.2) is 0 Å². The number of benzene rings is 4.